The molecule has 2 aliphatic rings. The van der Waals surface area contributed by atoms with E-state index in [4.69, 9.17) is 4.74 Å². The molecule has 0 saturated carbocycles. The Hall–Kier alpha value is -3.49. The predicted molar refractivity (Wildman–Crippen MR) is 138 cm³/mol. The lowest BCUT2D eigenvalue weighted by Gasteiger charge is -2.29. The molecule has 2 fully saturated rings. The Morgan fingerprint density at radius 2 is 1.86 bits per heavy atom. The third kappa shape index (κ3) is 4.79. The van der Waals surface area contributed by atoms with E-state index in [9.17, 15) is 14.7 Å². The minimum absolute atomic E-state index is 0.00905. The number of amides is 1. The Bertz CT molecular complexity index is 1340. The number of carbonyl (C=O) groups excluding carboxylic acids is 2. The van der Waals surface area contributed by atoms with E-state index in [1.165, 1.54) is 4.90 Å². The van der Waals surface area contributed by atoms with Gasteiger partial charge in [-0.3, -0.25) is 9.59 Å². The Kier molecular flexibility index (Phi) is 7.13. The van der Waals surface area contributed by atoms with Gasteiger partial charge in [0.2, 0.25) is 5.78 Å². The SMILES string of the molecule is Cc1nc2ccccn2c1/C([O-])=C1\C(=O)C(=O)N(CCC[NH+]2CCOCC2)C1c1ccc(C(C)C)cc1. The van der Waals surface area contributed by atoms with Crippen molar-refractivity contribution in [3.63, 3.8) is 0 Å². The third-order valence-corrected chi connectivity index (χ3v) is 7.50. The molecule has 2 aliphatic heterocycles. The first-order valence-electron chi connectivity index (χ1n) is 13.1. The second-order valence-electron chi connectivity index (χ2n) is 10.2. The summed E-state index contributed by atoms with van der Waals surface area (Å²) in [5.74, 6) is -1.41. The lowest BCUT2D eigenvalue weighted by molar-refractivity contribution is -0.908. The van der Waals surface area contributed by atoms with Crippen LogP contribution in [-0.2, 0) is 14.3 Å². The number of fused-ring (bicyclic) bond motifs is 1. The first-order chi connectivity index (χ1) is 17.9. The highest BCUT2D eigenvalue weighted by atomic mass is 16.5. The number of benzene rings is 1. The van der Waals surface area contributed by atoms with Gasteiger partial charge in [0.1, 0.15) is 18.7 Å². The number of ketones is 1. The molecule has 0 spiro atoms. The molecular weight excluding hydrogens is 468 g/mol. The van der Waals surface area contributed by atoms with Crippen LogP contribution in [0, 0.1) is 6.92 Å². The van der Waals surface area contributed by atoms with Crippen LogP contribution in [0.1, 0.15) is 54.7 Å². The van der Waals surface area contributed by atoms with Crippen LogP contribution in [0.5, 0.6) is 0 Å². The summed E-state index contributed by atoms with van der Waals surface area (Å²) in [6.45, 7) is 10.7. The Labute approximate surface area is 217 Å². The molecule has 0 aliphatic carbocycles. The van der Waals surface area contributed by atoms with E-state index in [1.54, 1.807) is 22.4 Å². The minimum atomic E-state index is -0.720. The number of likely N-dealkylation sites (tertiary alicyclic amines) is 1. The van der Waals surface area contributed by atoms with E-state index in [-0.39, 0.29) is 5.57 Å². The van der Waals surface area contributed by atoms with E-state index >= 15 is 0 Å². The minimum Gasteiger partial charge on any atom is -0.871 e. The summed E-state index contributed by atoms with van der Waals surface area (Å²) in [6, 6.07) is 12.7. The highest BCUT2D eigenvalue weighted by Crippen LogP contribution is 2.39. The van der Waals surface area contributed by atoms with Crippen LogP contribution in [0.2, 0.25) is 0 Å². The smallest absolute Gasteiger partial charge is 0.295 e. The molecule has 37 heavy (non-hydrogen) atoms. The average Bonchev–Trinajstić information content (AvgIpc) is 3.37. The quantitative estimate of drug-likeness (QED) is 0.299. The van der Waals surface area contributed by atoms with Crippen molar-refractivity contribution in [1.29, 1.82) is 0 Å². The third-order valence-electron chi connectivity index (χ3n) is 7.50. The molecule has 1 unspecified atom stereocenters. The number of carbonyl (C=O) groups is 2. The van der Waals surface area contributed by atoms with Crippen molar-refractivity contribution in [3.05, 3.63) is 76.7 Å². The van der Waals surface area contributed by atoms with E-state index in [0.717, 1.165) is 50.4 Å². The molecule has 1 N–H and O–H groups in total. The number of hydrogen-bond donors (Lipinski definition) is 1. The van der Waals surface area contributed by atoms with Crippen LogP contribution >= 0.6 is 0 Å². The van der Waals surface area contributed by atoms with Crippen molar-refractivity contribution in [2.45, 2.75) is 39.2 Å². The van der Waals surface area contributed by atoms with Crippen LogP contribution in [0.15, 0.2) is 54.2 Å². The highest BCUT2D eigenvalue weighted by Gasteiger charge is 2.44. The number of nitrogens with zero attached hydrogens (tertiary/aromatic N) is 3. The summed E-state index contributed by atoms with van der Waals surface area (Å²) >= 11 is 0. The van der Waals surface area contributed by atoms with Crippen LogP contribution in [0.4, 0.5) is 0 Å². The van der Waals surface area contributed by atoms with Gasteiger partial charge in [-0.15, -0.1) is 0 Å². The number of hydrogen-bond acceptors (Lipinski definition) is 5. The Morgan fingerprint density at radius 1 is 1.14 bits per heavy atom. The number of pyridine rings is 1. The van der Waals surface area contributed by atoms with Gasteiger partial charge in [0, 0.05) is 24.7 Å². The molecule has 0 radical (unpaired) electrons. The molecule has 3 aromatic rings. The van der Waals surface area contributed by atoms with Crippen LogP contribution in [0.3, 0.4) is 0 Å². The molecule has 1 aromatic carbocycles. The van der Waals surface area contributed by atoms with Gasteiger partial charge < -0.3 is 24.0 Å². The van der Waals surface area contributed by atoms with Crippen molar-refractivity contribution >= 4 is 23.1 Å². The van der Waals surface area contributed by atoms with Gasteiger partial charge >= 0.3 is 0 Å². The number of aryl methyl sites for hydroxylation is 1. The van der Waals surface area contributed by atoms with Gasteiger partial charge in [-0.05, 0) is 36.1 Å². The molecule has 2 saturated heterocycles. The van der Waals surface area contributed by atoms with E-state index in [1.807, 2.05) is 42.5 Å². The molecular formula is C29H34N4O4. The van der Waals surface area contributed by atoms with Crippen molar-refractivity contribution in [2.75, 3.05) is 39.4 Å². The lowest BCUT2D eigenvalue weighted by Crippen LogP contribution is -3.14. The molecule has 8 heteroatoms. The second kappa shape index (κ2) is 10.5. The Morgan fingerprint density at radius 3 is 2.57 bits per heavy atom. The number of rotatable bonds is 7. The van der Waals surface area contributed by atoms with Gasteiger partial charge in [-0.2, -0.15) is 0 Å². The van der Waals surface area contributed by atoms with E-state index in [2.05, 4.69) is 18.8 Å². The zero-order valence-electron chi connectivity index (χ0n) is 21.7. The van der Waals surface area contributed by atoms with Crippen molar-refractivity contribution < 1.29 is 24.3 Å². The molecule has 1 atom stereocenters. The summed E-state index contributed by atoms with van der Waals surface area (Å²) < 4.78 is 7.15. The molecule has 4 heterocycles. The van der Waals surface area contributed by atoms with Crippen molar-refractivity contribution in [2.24, 2.45) is 0 Å². The van der Waals surface area contributed by atoms with Crippen LogP contribution in [0.25, 0.3) is 11.4 Å². The van der Waals surface area contributed by atoms with Crippen LogP contribution in [-0.4, -0.2) is 65.4 Å². The number of imidazole rings is 1. The van der Waals surface area contributed by atoms with E-state index in [0.29, 0.717) is 29.5 Å². The average molecular weight is 503 g/mol. The highest BCUT2D eigenvalue weighted by molar-refractivity contribution is 6.46. The maximum atomic E-state index is 14.0. The largest absolute Gasteiger partial charge is 0.871 e. The zero-order chi connectivity index (χ0) is 26.1. The standard InChI is InChI=1S/C29H34N4O4/c1-19(2)21-8-10-22(11-9-21)26-24(27(34)25-20(3)30-23-7-4-5-13-32(23)25)28(35)29(36)33(26)14-6-12-31-15-17-37-18-16-31/h4-5,7-11,13,19,26,34H,6,12,14-18H2,1-3H3/b27-24+. The van der Waals surface area contributed by atoms with Crippen LogP contribution < -0.4 is 10.0 Å². The second-order valence-corrected chi connectivity index (χ2v) is 10.2. The molecule has 5 rings (SSSR count). The molecule has 2 aromatic heterocycles. The Balaban J connectivity index is 1.55. The van der Waals surface area contributed by atoms with Gasteiger partial charge in [-0.25, -0.2) is 4.98 Å². The van der Waals surface area contributed by atoms with E-state index < -0.39 is 23.5 Å². The lowest BCUT2D eigenvalue weighted by atomic mass is 9.93. The first-order valence-corrected chi connectivity index (χ1v) is 13.1. The van der Waals surface area contributed by atoms with Gasteiger partial charge in [0.25, 0.3) is 5.91 Å². The molecule has 8 nitrogen and oxygen atoms in total. The fourth-order valence-electron chi connectivity index (χ4n) is 5.43. The maximum Gasteiger partial charge on any atom is 0.295 e. The topological polar surface area (TPSA) is 91.4 Å². The monoisotopic (exact) mass is 502 g/mol. The number of morpholine rings is 1. The number of nitrogens with one attached hydrogen (secondary N) is 1. The summed E-state index contributed by atoms with van der Waals surface area (Å²) in [5, 5.41) is 14.0. The normalized spacial score (nSPS) is 20.4. The zero-order valence-corrected chi connectivity index (χ0v) is 21.7. The fourth-order valence-corrected chi connectivity index (χ4v) is 5.43. The number of Topliss-reactive ketones (excluding diaryl/α,β-unsaturated/α-hetero) is 1. The number of quaternary nitrogens is 1. The maximum absolute atomic E-state index is 14.0. The van der Waals surface area contributed by atoms with Crippen molar-refractivity contribution in [3.8, 4) is 0 Å². The van der Waals surface area contributed by atoms with Crippen molar-refractivity contribution in [1.82, 2.24) is 14.3 Å². The molecule has 194 valence electrons. The summed E-state index contributed by atoms with van der Waals surface area (Å²) in [6.07, 6.45) is 2.50. The summed E-state index contributed by atoms with van der Waals surface area (Å²) in [7, 11) is 0. The van der Waals surface area contributed by atoms with Gasteiger partial charge in [-0.1, -0.05) is 49.9 Å². The number of aromatic nitrogens is 2. The predicted octanol–water partition coefficient (Wildman–Crippen LogP) is 1.30. The summed E-state index contributed by atoms with van der Waals surface area (Å²) in [4.78, 5) is 34.3. The first kappa shape index (κ1) is 25.2. The summed E-state index contributed by atoms with van der Waals surface area (Å²) in [5.41, 5.74) is 3.44. The van der Waals surface area contributed by atoms with Gasteiger partial charge in [0.15, 0.2) is 0 Å². The fraction of sp³-hybridized carbons (Fsp3) is 0.414. The van der Waals surface area contributed by atoms with Gasteiger partial charge in [0.05, 0.1) is 37.2 Å². The number of ether oxygens (including phenoxy) is 1. The molecule has 0 bridgehead atoms. The molecule has 1 amide bonds.